The maximum absolute atomic E-state index is 9.39. The van der Waals surface area contributed by atoms with Gasteiger partial charge in [0, 0.05) is 28.6 Å². The molecular weight excluding hydrogens is 484 g/mol. The molecule has 0 radical (unpaired) electrons. The maximum Gasteiger partial charge on any atom is 0.111 e. The number of benzene rings is 1. The highest BCUT2D eigenvalue weighted by atomic mass is 28.4. The van der Waals surface area contributed by atoms with Crippen molar-refractivity contribution in [1.29, 1.82) is 5.26 Å². The van der Waals surface area contributed by atoms with Crippen molar-refractivity contribution in [3.63, 3.8) is 0 Å². The second kappa shape index (κ2) is 9.29. The molecular formula is C33H46N2O2Si-. The molecule has 3 aliphatic rings. The van der Waals surface area contributed by atoms with Gasteiger partial charge < -0.3 is 9.16 Å². The highest BCUT2D eigenvalue weighted by Gasteiger charge is 2.53. The van der Waals surface area contributed by atoms with E-state index < -0.39 is 8.32 Å². The van der Waals surface area contributed by atoms with Gasteiger partial charge in [0.2, 0.25) is 0 Å². The lowest BCUT2D eigenvalue weighted by Crippen LogP contribution is -2.44. The number of aromatic nitrogens is 1. The van der Waals surface area contributed by atoms with E-state index in [0.717, 1.165) is 31.2 Å². The molecule has 0 unspecified atom stereocenters. The van der Waals surface area contributed by atoms with Crippen LogP contribution in [0.4, 0.5) is 0 Å². The molecule has 0 N–H and O–H groups in total. The van der Waals surface area contributed by atoms with Crippen LogP contribution < -0.4 is 0 Å². The van der Waals surface area contributed by atoms with Gasteiger partial charge in [0.25, 0.3) is 0 Å². The van der Waals surface area contributed by atoms with Crippen molar-refractivity contribution in [1.82, 2.24) is 4.98 Å². The van der Waals surface area contributed by atoms with E-state index in [2.05, 4.69) is 79.8 Å². The van der Waals surface area contributed by atoms with Crippen molar-refractivity contribution in [3.8, 4) is 6.07 Å². The first-order valence-corrected chi connectivity index (χ1v) is 17.5. The van der Waals surface area contributed by atoms with Gasteiger partial charge in [0.1, 0.15) is 6.10 Å². The quantitative estimate of drug-likeness (QED) is 0.370. The van der Waals surface area contributed by atoms with Crippen LogP contribution in [0.5, 0.6) is 0 Å². The molecule has 1 aliphatic heterocycles. The summed E-state index contributed by atoms with van der Waals surface area (Å²) in [6.07, 6.45) is 6.35. The van der Waals surface area contributed by atoms with Gasteiger partial charge >= 0.3 is 0 Å². The normalized spacial score (nSPS) is 23.9. The van der Waals surface area contributed by atoms with Crippen LogP contribution in [0, 0.1) is 16.7 Å². The highest BCUT2D eigenvalue weighted by molar-refractivity contribution is 6.74. The summed E-state index contributed by atoms with van der Waals surface area (Å²) in [7, 11) is -2.03. The summed E-state index contributed by atoms with van der Waals surface area (Å²) in [6, 6.07) is 10.3. The Labute approximate surface area is 231 Å². The van der Waals surface area contributed by atoms with E-state index in [1.807, 2.05) is 12.1 Å². The molecule has 38 heavy (non-hydrogen) atoms. The summed E-state index contributed by atoms with van der Waals surface area (Å²) in [5.41, 5.74) is 8.13. The van der Waals surface area contributed by atoms with E-state index >= 15 is 0 Å². The van der Waals surface area contributed by atoms with Crippen molar-refractivity contribution in [2.45, 2.75) is 129 Å². The Hall–Kier alpha value is -2.00. The Morgan fingerprint density at radius 2 is 1.71 bits per heavy atom. The van der Waals surface area contributed by atoms with Gasteiger partial charge in [0.05, 0.1) is 17.2 Å². The highest BCUT2D eigenvalue weighted by Crippen LogP contribution is 2.60. The number of pyridine rings is 1. The van der Waals surface area contributed by atoms with Crippen LogP contribution in [0.25, 0.3) is 0 Å². The SMILES string of the molecule is CC(C)c1nc2c(c3c1[C@@H](c1ccc(C#N)cc1)OC31CCCC1)[C@@H](O[Si-](C)(C)C(C)(C)C)CC(C)(C)C2. The summed E-state index contributed by atoms with van der Waals surface area (Å²) < 4.78 is 14.5. The minimum absolute atomic E-state index is 0.0397. The zero-order chi connectivity index (χ0) is 27.7. The molecule has 5 heteroatoms. The molecule has 1 aromatic carbocycles. The van der Waals surface area contributed by atoms with Gasteiger partial charge in [-0.1, -0.05) is 73.4 Å². The van der Waals surface area contributed by atoms with Gasteiger partial charge in [-0.05, 0) is 68.6 Å². The second-order valence-corrected chi connectivity index (χ2v) is 19.4. The van der Waals surface area contributed by atoms with E-state index in [1.54, 1.807) is 0 Å². The van der Waals surface area contributed by atoms with Gasteiger partial charge in [-0.3, -0.25) is 4.98 Å². The number of ether oxygens (including phenoxy) is 1. The monoisotopic (exact) mass is 530 g/mol. The average Bonchev–Trinajstić information content (AvgIpc) is 3.42. The molecule has 2 heterocycles. The summed E-state index contributed by atoms with van der Waals surface area (Å²) in [6.45, 7) is 21.1. The first-order chi connectivity index (χ1) is 17.7. The topological polar surface area (TPSA) is 55.1 Å². The average molecular weight is 531 g/mol. The molecule has 0 amide bonds. The molecule has 1 fully saturated rings. The first-order valence-electron chi connectivity index (χ1n) is 14.6. The lowest BCUT2D eigenvalue weighted by molar-refractivity contribution is -0.0579. The van der Waals surface area contributed by atoms with Crippen molar-refractivity contribution < 1.29 is 9.16 Å². The van der Waals surface area contributed by atoms with Crippen LogP contribution in [0.15, 0.2) is 24.3 Å². The summed E-state index contributed by atoms with van der Waals surface area (Å²) >= 11 is 0. The molecule has 2 aromatic rings. The number of nitriles is 1. The van der Waals surface area contributed by atoms with Gasteiger partial charge in [-0.15, -0.1) is 18.1 Å². The molecule has 4 nitrogen and oxygen atoms in total. The molecule has 0 saturated heterocycles. The zero-order valence-corrected chi connectivity index (χ0v) is 26.0. The van der Waals surface area contributed by atoms with Gasteiger partial charge in [-0.25, -0.2) is 0 Å². The Kier molecular flexibility index (Phi) is 6.74. The third kappa shape index (κ3) is 4.57. The standard InChI is InChI=1S/C33H46N2O2Si/c1-21(2)29-27-28(33(16-10-11-17-33)36-30(27)23-14-12-22(20-34)13-15-23)26-24(35-29)18-32(6,7)19-25(26)37-38(8,9)31(3,4)5/h12-15,21,25,30H,10-11,16-19H2,1-9H3/q-1/t25-,30+/m0/s1. The lowest BCUT2D eigenvalue weighted by atomic mass is 9.70. The molecule has 5 rings (SSSR count). The van der Waals surface area contributed by atoms with Crippen LogP contribution in [0.2, 0.25) is 18.1 Å². The third-order valence-electron chi connectivity index (χ3n) is 9.69. The van der Waals surface area contributed by atoms with E-state index in [1.165, 1.54) is 40.9 Å². The largest absolute Gasteiger partial charge is 0.559 e. The van der Waals surface area contributed by atoms with Crippen molar-refractivity contribution >= 4 is 8.32 Å². The van der Waals surface area contributed by atoms with E-state index in [9.17, 15) is 5.26 Å². The Morgan fingerprint density at radius 1 is 1.08 bits per heavy atom. The molecule has 1 aromatic heterocycles. The zero-order valence-electron chi connectivity index (χ0n) is 25.0. The predicted molar refractivity (Wildman–Crippen MR) is 156 cm³/mol. The molecule has 2 atom stereocenters. The van der Waals surface area contributed by atoms with Crippen molar-refractivity contribution in [2.75, 3.05) is 0 Å². The van der Waals surface area contributed by atoms with Gasteiger partial charge in [0.15, 0.2) is 0 Å². The molecule has 1 saturated carbocycles. The summed E-state index contributed by atoms with van der Waals surface area (Å²) in [5.74, 6) is 0.292. The van der Waals surface area contributed by atoms with Crippen molar-refractivity contribution in [3.05, 3.63) is 63.5 Å². The number of hydrogen-bond donors (Lipinski definition) is 0. The number of rotatable bonds is 4. The fourth-order valence-corrected chi connectivity index (χ4v) is 8.01. The summed E-state index contributed by atoms with van der Waals surface area (Å²) in [4.78, 5) is 5.49. The van der Waals surface area contributed by atoms with Crippen molar-refractivity contribution in [2.24, 2.45) is 5.41 Å². The van der Waals surface area contributed by atoms with Crippen LogP contribution in [0.3, 0.4) is 0 Å². The molecule has 205 valence electrons. The smallest absolute Gasteiger partial charge is 0.111 e. The Balaban J connectivity index is 1.77. The maximum atomic E-state index is 9.39. The number of nitrogens with zero attached hydrogens (tertiary/aromatic N) is 2. The minimum Gasteiger partial charge on any atom is -0.559 e. The van der Waals surface area contributed by atoms with E-state index in [-0.39, 0.29) is 28.3 Å². The minimum atomic E-state index is -2.03. The summed E-state index contributed by atoms with van der Waals surface area (Å²) in [5, 5.41) is 9.52. The van der Waals surface area contributed by atoms with Crippen LogP contribution >= 0.6 is 0 Å². The van der Waals surface area contributed by atoms with Crippen LogP contribution in [-0.4, -0.2) is 13.3 Å². The van der Waals surface area contributed by atoms with E-state index in [4.69, 9.17) is 14.1 Å². The van der Waals surface area contributed by atoms with Crippen LogP contribution in [0.1, 0.15) is 138 Å². The third-order valence-corrected chi connectivity index (χ3v) is 14.2. The fraction of sp³-hybridized carbons (Fsp3) is 0.636. The predicted octanol–water partition coefficient (Wildman–Crippen LogP) is 9.00. The van der Waals surface area contributed by atoms with Gasteiger partial charge in [-0.2, -0.15) is 5.26 Å². The van der Waals surface area contributed by atoms with Crippen LogP contribution in [-0.2, 0) is 21.2 Å². The molecule has 0 bridgehead atoms. The Bertz CT molecular complexity index is 1260. The molecule has 1 spiro atoms. The Morgan fingerprint density at radius 3 is 2.26 bits per heavy atom. The lowest BCUT2D eigenvalue weighted by Gasteiger charge is -2.53. The van der Waals surface area contributed by atoms with E-state index in [0.29, 0.717) is 11.5 Å². The molecule has 2 aliphatic carbocycles. The number of fused-ring (bicyclic) bond motifs is 4. The second-order valence-electron chi connectivity index (χ2n) is 14.6. The number of hydrogen-bond acceptors (Lipinski definition) is 4. The first kappa shape index (κ1) is 27.6. The fourth-order valence-electron chi connectivity index (χ4n) is 6.75.